The summed E-state index contributed by atoms with van der Waals surface area (Å²) in [6.45, 7) is 0. The highest BCUT2D eigenvalue weighted by atomic mass is 79.9. The minimum absolute atomic E-state index is 0.111. The molecule has 2 heterocycles. The van der Waals surface area contributed by atoms with Gasteiger partial charge in [-0.3, -0.25) is 0 Å². The van der Waals surface area contributed by atoms with E-state index in [9.17, 15) is 0 Å². The van der Waals surface area contributed by atoms with Crippen LogP contribution in [0.5, 0.6) is 0 Å². The van der Waals surface area contributed by atoms with Crippen LogP contribution in [0.25, 0.3) is 11.1 Å². The number of thiophene rings is 1. The maximum atomic E-state index is 6.37. The van der Waals surface area contributed by atoms with E-state index in [1.165, 1.54) is 0 Å². The van der Waals surface area contributed by atoms with E-state index in [2.05, 4.69) is 20.9 Å². The van der Waals surface area contributed by atoms with Crippen molar-refractivity contribution in [3.63, 3.8) is 0 Å². The second-order valence-corrected chi connectivity index (χ2v) is 6.75. The summed E-state index contributed by atoms with van der Waals surface area (Å²) in [7, 11) is 0. The molecule has 0 radical (unpaired) electrons. The molecule has 92 valence electrons. The Morgan fingerprint density at radius 1 is 1.39 bits per heavy atom. The number of aromatic nitrogens is 1. The zero-order valence-corrected chi connectivity index (χ0v) is 12.4. The second-order valence-electron chi connectivity index (χ2n) is 3.93. The lowest BCUT2D eigenvalue weighted by molar-refractivity contribution is 0.525. The number of hydrogen-bond donors (Lipinski definition) is 0. The molecule has 1 unspecified atom stereocenters. The van der Waals surface area contributed by atoms with E-state index < -0.39 is 0 Å². The molecule has 1 aromatic carbocycles. The van der Waals surface area contributed by atoms with Crippen LogP contribution >= 0.6 is 38.9 Å². The summed E-state index contributed by atoms with van der Waals surface area (Å²) in [5.41, 5.74) is 2.78. The molecule has 0 bridgehead atoms. The predicted molar refractivity (Wildman–Crippen MR) is 78.3 cm³/mol. The van der Waals surface area contributed by atoms with Crippen LogP contribution in [0.2, 0.25) is 0 Å². The molecule has 0 saturated carbocycles. The molecule has 0 saturated heterocycles. The average Bonchev–Trinajstić information content (AvgIpc) is 2.94. The van der Waals surface area contributed by atoms with Gasteiger partial charge in [0.05, 0.1) is 9.16 Å². The van der Waals surface area contributed by atoms with E-state index in [4.69, 9.17) is 16.0 Å². The number of alkyl halides is 1. The van der Waals surface area contributed by atoms with E-state index in [0.29, 0.717) is 12.3 Å². The molecule has 5 heteroatoms. The summed E-state index contributed by atoms with van der Waals surface area (Å²) in [5.74, 6) is 0.679. The van der Waals surface area contributed by atoms with Crippen LogP contribution in [-0.2, 0) is 6.42 Å². The Hall–Kier alpha value is -0.840. The number of halogens is 2. The maximum Gasteiger partial charge on any atom is 0.197 e. The highest BCUT2D eigenvalue weighted by Gasteiger charge is 2.14. The Morgan fingerprint density at radius 3 is 2.94 bits per heavy atom. The van der Waals surface area contributed by atoms with Crippen LogP contribution in [-0.4, -0.2) is 4.98 Å². The molecule has 3 aromatic rings. The molecule has 0 spiro atoms. The van der Waals surface area contributed by atoms with Gasteiger partial charge in [0, 0.05) is 6.42 Å². The van der Waals surface area contributed by atoms with Crippen LogP contribution in [0.15, 0.2) is 43.9 Å². The lowest BCUT2D eigenvalue weighted by atomic mass is 10.2. The third kappa shape index (κ3) is 2.46. The van der Waals surface area contributed by atoms with Gasteiger partial charge in [0.1, 0.15) is 5.52 Å². The van der Waals surface area contributed by atoms with Crippen LogP contribution in [0.3, 0.4) is 0 Å². The first-order valence-corrected chi connectivity index (χ1v) is 7.56. The fraction of sp³-hybridized carbons (Fsp3) is 0.154. The van der Waals surface area contributed by atoms with Crippen molar-refractivity contribution in [1.29, 1.82) is 0 Å². The average molecular weight is 343 g/mol. The maximum absolute atomic E-state index is 6.37. The zero-order chi connectivity index (χ0) is 12.5. The minimum atomic E-state index is -0.111. The molecule has 1 atom stereocenters. The van der Waals surface area contributed by atoms with E-state index in [1.54, 1.807) is 11.3 Å². The van der Waals surface area contributed by atoms with E-state index in [1.807, 2.05) is 35.7 Å². The summed E-state index contributed by atoms with van der Waals surface area (Å²) in [6, 6.07) is 9.77. The third-order valence-corrected chi connectivity index (χ3v) is 4.57. The van der Waals surface area contributed by atoms with Gasteiger partial charge in [-0.25, -0.2) is 4.98 Å². The summed E-state index contributed by atoms with van der Waals surface area (Å²) >= 11 is 11.4. The molecule has 3 rings (SSSR count). The lowest BCUT2D eigenvalue weighted by Gasteiger charge is -2.03. The Labute approximate surface area is 122 Å². The second kappa shape index (κ2) is 5.03. The van der Waals surface area contributed by atoms with Gasteiger partial charge in [-0.1, -0.05) is 12.1 Å². The molecule has 0 aliphatic rings. The predicted octanol–water partition coefficient (Wildman–Crippen LogP) is 5.17. The van der Waals surface area contributed by atoms with Gasteiger partial charge < -0.3 is 4.42 Å². The molecule has 0 aliphatic heterocycles. The number of benzene rings is 1. The number of fused-ring (bicyclic) bond motifs is 1. The SMILES string of the molecule is ClC(Cc1nc2ccccc2o1)c1csc(Br)c1. The van der Waals surface area contributed by atoms with Crippen molar-refractivity contribution >= 4 is 50.0 Å². The van der Waals surface area contributed by atoms with Gasteiger partial charge in [0.2, 0.25) is 0 Å². The molecule has 2 nitrogen and oxygen atoms in total. The van der Waals surface area contributed by atoms with Crippen molar-refractivity contribution < 1.29 is 4.42 Å². The van der Waals surface area contributed by atoms with Gasteiger partial charge in [-0.05, 0) is 45.1 Å². The van der Waals surface area contributed by atoms with Crippen LogP contribution < -0.4 is 0 Å². The van der Waals surface area contributed by atoms with Gasteiger partial charge in [0.25, 0.3) is 0 Å². The zero-order valence-electron chi connectivity index (χ0n) is 9.27. The third-order valence-electron chi connectivity index (χ3n) is 2.64. The first kappa shape index (κ1) is 12.2. The lowest BCUT2D eigenvalue weighted by Crippen LogP contribution is -1.94. The summed E-state index contributed by atoms with van der Waals surface area (Å²) in [5, 5.41) is 1.94. The first-order chi connectivity index (χ1) is 8.72. The van der Waals surface area contributed by atoms with Gasteiger partial charge >= 0.3 is 0 Å². The van der Waals surface area contributed by atoms with Crippen LogP contribution in [0.1, 0.15) is 16.8 Å². The number of rotatable bonds is 3. The van der Waals surface area contributed by atoms with Gasteiger partial charge in [0.15, 0.2) is 11.5 Å². The Bertz CT molecular complexity index is 645. The number of nitrogens with zero attached hydrogens (tertiary/aromatic N) is 1. The Balaban J connectivity index is 1.83. The van der Waals surface area contributed by atoms with Crippen molar-refractivity contribution in [2.45, 2.75) is 11.8 Å². The fourth-order valence-corrected chi connectivity index (χ4v) is 3.33. The molecule has 2 aromatic heterocycles. The smallest absolute Gasteiger partial charge is 0.197 e. The van der Waals surface area contributed by atoms with E-state index >= 15 is 0 Å². The standard InChI is InChI=1S/C13H9BrClNOS/c14-12-5-8(7-18-12)9(15)6-13-16-10-3-1-2-4-11(10)17-13/h1-5,7,9H,6H2. The van der Waals surface area contributed by atoms with Crippen molar-refractivity contribution in [2.75, 3.05) is 0 Å². The molecule has 0 N–H and O–H groups in total. The van der Waals surface area contributed by atoms with Crippen molar-refractivity contribution in [2.24, 2.45) is 0 Å². The molecule has 0 aliphatic carbocycles. The highest BCUT2D eigenvalue weighted by molar-refractivity contribution is 9.11. The van der Waals surface area contributed by atoms with Crippen molar-refractivity contribution in [3.8, 4) is 0 Å². The van der Waals surface area contributed by atoms with Crippen molar-refractivity contribution in [1.82, 2.24) is 4.98 Å². The molecule has 0 amide bonds. The minimum Gasteiger partial charge on any atom is -0.441 e. The number of hydrogen-bond acceptors (Lipinski definition) is 3. The largest absolute Gasteiger partial charge is 0.441 e. The summed E-state index contributed by atoms with van der Waals surface area (Å²) in [6.07, 6.45) is 0.597. The fourth-order valence-electron chi connectivity index (χ4n) is 1.77. The Kier molecular flexibility index (Phi) is 3.41. The summed E-state index contributed by atoms with van der Waals surface area (Å²) in [4.78, 5) is 4.43. The summed E-state index contributed by atoms with van der Waals surface area (Å²) < 4.78 is 6.75. The normalized spacial score (nSPS) is 13.0. The first-order valence-electron chi connectivity index (χ1n) is 5.45. The van der Waals surface area contributed by atoms with Gasteiger partial charge in [-0.2, -0.15) is 0 Å². The topological polar surface area (TPSA) is 26.0 Å². The molecule has 18 heavy (non-hydrogen) atoms. The molecular formula is C13H9BrClNOS. The van der Waals surface area contributed by atoms with Gasteiger partial charge in [-0.15, -0.1) is 22.9 Å². The molecular weight excluding hydrogens is 334 g/mol. The van der Waals surface area contributed by atoms with E-state index in [0.717, 1.165) is 20.4 Å². The van der Waals surface area contributed by atoms with Crippen LogP contribution in [0.4, 0.5) is 0 Å². The number of oxazole rings is 1. The number of para-hydroxylation sites is 2. The highest BCUT2D eigenvalue weighted by Crippen LogP contribution is 2.31. The van der Waals surface area contributed by atoms with Crippen LogP contribution in [0, 0.1) is 0 Å². The molecule has 0 fully saturated rings. The van der Waals surface area contributed by atoms with Crippen molar-refractivity contribution in [3.05, 3.63) is 51.0 Å². The quantitative estimate of drug-likeness (QED) is 0.613. The van der Waals surface area contributed by atoms with E-state index in [-0.39, 0.29) is 5.38 Å². The Morgan fingerprint density at radius 2 is 2.22 bits per heavy atom. The monoisotopic (exact) mass is 341 g/mol.